The van der Waals surface area contributed by atoms with Crippen LogP contribution in [0.25, 0.3) is 0 Å². The zero-order valence-electron chi connectivity index (χ0n) is 17.3. The number of nitrogens with one attached hydrogen (secondary N) is 1. The van der Waals surface area contributed by atoms with Crippen LogP contribution in [0.4, 0.5) is 4.79 Å². The van der Waals surface area contributed by atoms with Crippen molar-refractivity contribution in [1.82, 2.24) is 10.2 Å². The van der Waals surface area contributed by atoms with E-state index in [4.69, 9.17) is 14.2 Å². The van der Waals surface area contributed by atoms with E-state index < -0.39 is 35.5 Å². The quantitative estimate of drug-likeness (QED) is 0.397. The number of carbonyl (C=O) groups excluding carboxylic acids is 4. The Balaban J connectivity index is 1.51. The first-order valence-electron chi connectivity index (χ1n) is 9.85. The van der Waals surface area contributed by atoms with Crippen LogP contribution in [0.1, 0.15) is 34.6 Å². The van der Waals surface area contributed by atoms with Crippen molar-refractivity contribution in [2.45, 2.75) is 58.5 Å². The molecule has 2 fully saturated rings. The Hall–Kier alpha value is -2.42. The number of ether oxygens (including phenoxy) is 3. The van der Waals surface area contributed by atoms with Crippen LogP contribution in [-0.4, -0.2) is 65.8 Å². The maximum atomic E-state index is 12.6. The standard InChI is InChI=1S/C20H28N2O7/c1-10(2)15(21-19(26)29-20(3,4)5)18(25)27-9-8-22-16(23)13-11-6-7-12(28-11)14(13)17(22)24/h6-7,10-15H,8-9H2,1-5H3,(H,21,26)/t11-,12+,13-,14+,15-/m0/s1. The summed E-state index contributed by atoms with van der Waals surface area (Å²) in [6, 6.07) is -0.900. The van der Waals surface area contributed by atoms with Gasteiger partial charge in [-0.05, 0) is 26.7 Å². The van der Waals surface area contributed by atoms with Crippen LogP contribution >= 0.6 is 0 Å². The van der Waals surface area contributed by atoms with E-state index in [0.29, 0.717) is 0 Å². The van der Waals surface area contributed by atoms with Crippen molar-refractivity contribution < 1.29 is 33.4 Å². The normalized spacial score (nSPS) is 28.7. The molecule has 3 heterocycles. The molecule has 9 heteroatoms. The highest BCUT2D eigenvalue weighted by molar-refractivity contribution is 6.06. The molecule has 3 aliphatic heterocycles. The number of carbonyl (C=O) groups is 4. The van der Waals surface area contributed by atoms with E-state index in [1.807, 2.05) is 12.2 Å². The van der Waals surface area contributed by atoms with Crippen LogP contribution in [-0.2, 0) is 28.6 Å². The van der Waals surface area contributed by atoms with Gasteiger partial charge in [0, 0.05) is 0 Å². The Morgan fingerprint density at radius 3 is 2.17 bits per heavy atom. The minimum Gasteiger partial charge on any atom is -0.462 e. The third-order valence-electron chi connectivity index (χ3n) is 5.15. The summed E-state index contributed by atoms with van der Waals surface area (Å²) in [5.41, 5.74) is -0.692. The SMILES string of the molecule is CC(C)[C@H](NC(=O)OC(C)(C)C)C(=O)OCCN1C(=O)[C@@H]2[C@H](C1=O)[C@H]1C=C[C@@H]2O1. The van der Waals surface area contributed by atoms with Gasteiger partial charge in [0.05, 0.1) is 30.6 Å². The number of nitrogens with zero attached hydrogens (tertiary/aromatic N) is 1. The molecule has 0 unspecified atom stereocenters. The molecule has 0 aromatic rings. The number of hydrogen-bond acceptors (Lipinski definition) is 7. The molecule has 5 atom stereocenters. The molecule has 0 aromatic carbocycles. The fourth-order valence-corrected chi connectivity index (χ4v) is 3.85. The second kappa shape index (κ2) is 7.78. The van der Waals surface area contributed by atoms with Gasteiger partial charge in [0.2, 0.25) is 11.8 Å². The van der Waals surface area contributed by atoms with E-state index in [9.17, 15) is 19.2 Å². The van der Waals surface area contributed by atoms with Crippen molar-refractivity contribution in [1.29, 1.82) is 0 Å². The number of rotatable bonds is 6. The molecule has 2 saturated heterocycles. The lowest BCUT2D eigenvalue weighted by Gasteiger charge is -2.25. The Bertz CT molecular complexity index is 710. The summed E-state index contributed by atoms with van der Waals surface area (Å²) in [6.07, 6.45) is 2.22. The zero-order chi connectivity index (χ0) is 21.5. The maximum absolute atomic E-state index is 12.6. The summed E-state index contributed by atoms with van der Waals surface area (Å²) in [4.78, 5) is 50.7. The van der Waals surface area contributed by atoms with E-state index in [0.717, 1.165) is 4.90 Å². The Morgan fingerprint density at radius 1 is 1.14 bits per heavy atom. The summed E-state index contributed by atoms with van der Waals surface area (Å²) < 4.78 is 16.0. The van der Waals surface area contributed by atoms with Gasteiger partial charge in [0.15, 0.2) is 0 Å². The van der Waals surface area contributed by atoms with Gasteiger partial charge in [-0.25, -0.2) is 9.59 Å². The van der Waals surface area contributed by atoms with Crippen LogP contribution < -0.4 is 5.32 Å². The first-order valence-corrected chi connectivity index (χ1v) is 9.85. The number of amides is 3. The smallest absolute Gasteiger partial charge is 0.408 e. The number of hydrogen-bond donors (Lipinski definition) is 1. The summed E-state index contributed by atoms with van der Waals surface area (Å²) in [7, 11) is 0. The second-order valence-electron chi connectivity index (χ2n) is 8.87. The molecule has 3 aliphatic rings. The summed E-state index contributed by atoms with van der Waals surface area (Å²) in [5, 5.41) is 2.51. The van der Waals surface area contributed by atoms with Crippen molar-refractivity contribution in [2.24, 2.45) is 17.8 Å². The van der Waals surface area contributed by atoms with Crippen molar-refractivity contribution in [3.63, 3.8) is 0 Å². The molecule has 3 rings (SSSR count). The highest BCUT2D eigenvalue weighted by Gasteiger charge is 2.60. The molecule has 29 heavy (non-hydrogen) atoms. The van der Waals surface area contributed by atoms with Gasteiger partial charge in [-0.1, -0.05) is 26.0 Å². The van der Waals surface area contributed by atoms with Gasteiger partial charge < -0.3 is 19.5 Å². The molecule has 2 bridgehead atoms. The fraction of sp³-hybridized carbons (Fsp3) is 0.700. The zero-order valence-corrected chi connectivity index (χ0v) is 17.3. The van der Waals surface area contributed by atoms with E-state index in [1.54, 1.807) is 34.6 Å². The summed E-state index contributed by atoms with van der Waals surface area (Å²) >= 11 is 0. The van der Waals surface area contributed by atoms with E-state index in [1.165, 1.54) is 0 Å². The molecular weight excluding hydrogens is 380 g/mol. The van der Waals surface area contributed by atoms with E-state index in [2.05, 4.69) is 5.32 Å². The van der Waals surface area contributed by atoms with Gasteiger partial charge in [-0.3, -0.25) is 14.5 Å². The summed E-state index contributed by atoms with van der Waals surface area (Å²) in [5.74, 6) is -2.42. The van der Waals surface area contributed by atoms with E-state index in [-0.39, 0.29) is 43.1 Å². The molecule has 160 valence electrons. The molecule has 0 radical (unpaired) electrons. The minimum absolute atomic E-state index is 0.0207. The number of imide groups is 1. The number of likely N-dealkylation sites (tertiary alicyclic amines) is 1. The molecule has 9 nitrogen and oxygen atoms in total. The number of alkyl carbamates (subject to hydrolysis) is 1. The third kappa shape index (κ3) is 4.29. The van der Waals surface area contributed by atoms with Crippen molar-refractivity contribution in [3.8, 4) is 0 Å². The molecule has 0 saturated carbocycles. The highest BCUT2D eigenvalue weighted by Crippen LogP contribution is 2.44. The van der Waals surface area contributed by atoms with Gasteiger partial charge in [0.25, 0.3) is 0 Å². The lowest BCUT2D eigenvalue weighted by Crippen LogP contribution is -2.47. The van der Waals surface area contributed by atoms with Gasteiger partial charge in [-0.2, -0.15) is 0 Å². The molecule has 0 aromatic heterocycles. The molecule has 0 spiro atoms. The van der Waals surface area contributed by atoms with Crippen LogP contribution in [0.2, 0.25) is 0 Å². The maximum Gasteiger partial charge on any atom is 0.408 e. The second-order valence-corrected chi connectivity index (χ2v) is 8.87. The van der Waals surface area contributed by atoms with Crippen molar-refractivity contribution in [2.75, 3.05) is 13.2 Å². The average Bonchev–Trinajstić information content (AvgIpc) is 3.27. The lowest BCUT2D eigenvalue weighted by molar-refractivity contribution is -0.151. The first-order chi connectivity index (χ1) is 13.5. The van der Waals surface area contributed by atoms with Gasteiger partial charge >= 0.3 is 12.1 Å². The van der Waals surface area contributed by atoms with Crippen LogP contribution in [0.15, 0.2) is 12.2 Å². The Labute approximate surface area is 169 Å². The van der Waals surface area contributed by atoms with Crippen molar-refractivity contribution in [3.05, 3.63) is 12.2 Å². The minimum atomic E-state index is -0.900. The molecular formula is C20H28N2O7. The monoisotopic (exact) mass is 408 g/mol. The van der Waals surface area contributed by atoms with Gasteiger partial charge in [-0.15, -0.1) is 0 Å². The molecule has 3 amide bonds. The van der Waals surface area contributed by atoms with Crippen LogP contribution in [0.3, 0.4) is 0 Å². The Kier molecular flexibility index (Phi) is 5.71. The molecule has 1 N–H and O–H groups in total. The first kappa shape index (κ1) is 21.3. The van der Waals surface area contributed by atoms with Crippen LogP contribution in [0.5, 0.6) is 0 Å². The number of fused-ring (bicyclic) bond motifs is 5. The Morgan fingerprint density at radius 2 is 1.69 bits per heavy atom. The van der Waals surface area contributed by atoms with Crippen LogP contribution in [0, 0.1) is 17.8 Å². The summed E-state index contributed by atoms with van der Waals surface area (Å²) in [6.45, 7) is 8.54. The lowest BCUT2D eigenvalue weighted by atomic mass is 9.85. The fourth-order valence-electron chi connectivity index (χ4n) is 3.85. The molecule has 0 aliphatic carbocycles. The largest absolute Gasteiger partial charge is 0.462 e. The topological polar surface area (TPSA) is 111 Å². The average molecular weight is 408 g/mol. The van der Waals surface area contributed by atoms with Gasteiger partial charge in [0.1, 0.15) is 18.2 Å². The third-order valence-corrected chi connectivity index (χ3v) is 5.15. The number of esters is 1. The predicted molar refractivity (Wildman–Crippen MR) is 100 cm³/mol. The van der Waals surface area contributed by atoms with Crippen molar-refractivity contribution >= 4 is 23.9 Å². The predicted octanol–water partition coefficient (Wildman–Crippen LogP) is 1.02. The van der Waals surface area contributed by atoms with E-state index >= 15 is 0 Å². The highest BCUT2D eigenvalue weighted by atomic mass is 16.6.